The fourth-order valence-corrected chi connectivity index (χ4v) is 1.12. The summed E-state index contributed by atoms with van der Waals surface area (Å²) in [4.78, 5) is 11.9. The number of benzene rings is 1. The molecule has 0 atom stereocenters. The zero-order chi connectivity index (χ0) is 10.8. The van der Waals surface area contributed by atoms with E-state index < -0.39 is 5.54 Å². The summed E-state index contributed by atoms with van der Waals surface area (Å²) >= 11 is 0. The average molecular weight is 193 g/mol. The summed E-state index contributed by atoms with van der Waals surface area (Å²) in [5, 5.41) is 12.4. The minimum Gasteiger partial charge on any atom is -0.507 e. The van der Waals surface area contributed by atoms with Crippen LogP contribution in [0.3, 0.4) is 0 Å². The molecule has 3 nitrogen and oxygen atoms in total. The van der Waals surface area contributed by atoms with Crippen molar-refractivity contribution in [2.24, 2.45) is 0 Å². The van der Waals surface area contributed by atoms with E-state index in [0.29, 0.717) is 5.56 Å². The molecular formula is C11H15NO2. The zero-order valence-corrected chi connectivity index (χ0v) is 8.66. The molecule has 0 unspecified atom stereocenters. The Morgan fingerprint density at radius 2 is 1.93 bits per heavy atom. The van der Waals surface area contributed by atoms with Crippen molar-refractivity contribution in [3.05, 3.63) is 29.8 Å². The molecule has 14 heavy (non-hydrogen) atoms. The lowest BCUT2D eigenvalue weighted by molar-refractivity contribution is 0.0887. The van der Waals surface area contributed by atoms with Crippen molar-refractivity contribution < 1.29 is 9.90 Å². The van der Waals surface area contributed by atoms with Gasteiger partial charge in [-0.3, -0.25) is 4.79 Å². The predicted molar refractivity (Wildman–Crippen MR) is 55.6 cm³/mol. The van der Waals surface area contributed by atoms with E-state index in [1.165, 1.54) is 6.07 Å². The summed E-state index contributed by atoms with van der Waals surface area (Å²) in [7, 11) is 1.72. The Labute approximate surface area is 83.8 Å². The first-order valence-electron chi connectivity index (χ1n) is 4.51. The first-order chi connectivity index (χ1) is 6.49. The summed E-state index contributed by atoms with van der Waals surface area (Å²) in [6.07, 6.45) is 0. The molecule has 0 radical (unpaired) electrons. The molecular weight excluding hydrogens is 178 g/mol. The first kappa shape index (κ1) is 10.7. The number of aromatic hydroxyl groups is 1. The van der Waals surface area contributed by atoms with E-state index >= 15 is 0 Å². The number of hydrogen-bond acceptors (Lipinski definition) is 3. The van der Waals surface area contributed by atoms with Gasteiger partial charge in [0.15, 0.2) is 5.78 Å². The highest BCUT2D eigenvalue weighted by Crippen LogP contribution is 2.21. The van der Waals surface area contributed by atoms with E-state index in [-0.39, 0.29) is 11.5 Å². The van der Waals surface area contributed by atoms with Gasteiger partial charge in [0.1, 0.15) is 5.75 Å². The molecule has 0 heterocycles. The van der Waals surface area contributed by atoms with Crippen molar-refractivity contribution in [1.82, 2.24) is 5.32 Å². The number of carbonyl (C=O) groups excluding carboxylic acids is 1. The van der Waals surface area contributed by atoms with Gasteiger partial charge in [-0.2, -0.15) is 0 Å². The molecule has 0 aliphatic carbocycles. The van der Waals surface area contributed by atoms with E-state index in [1.807, 2.05) is 0 Å². The Balaban J connectivity index is 3.07. The largest absolute Gasteiger partial charge is 0.507 e. The van der Waals surface area contributed by atoms with Gasteiger partial charge in [-0.1, -0.05) is 12.1 Å². The second-order valence-corrected chi connectivity index (χ2v) is 3.72. The fraction of sp³-hybridized carbons (Fsp3) is 0.364. The number of phenolic OH excluding ortho intramolecular Hbond substituents is 1. The van der Waals surface area contributed by atoms with Crippen LogP contribution in [0, 0.1) is 0 Å². The minimum absolute atomic E-state index is 0.0285. The van der Waals surface area contributed by atoms with E-state index in [0.717, 1.165) is 0 Å². The molecule has 76 valence electrons. The molecule has 0 amide bonds. The second-order valence-electron chi connectivity index (χ2n) is 3.72. The molecule has 1 aromatic rings. The van der Waals surface area contributed by atoms with Crippen LogP contribution in [0.25, 0.3) is 0 Å². The maximum atomic E-state index is 11.9. The summed E-state index contributed by atoms with van der Waals surface area (Å²) in [5.41, 5.74) is -0.300. The molecule has 0 fully saturated rings. The molecule has 0 spiro atoms. The molecule has 1 aromatic carbocycles. The topological polar surface area (TPSA) is 49.3 Å². The lowest BCUT2D eigenvalue weighted by Gasteiger charge is -2.22. The molecule has 0 aliphatic heterocycles. The highest BCUT2D eigenvalue weighted by atomic mass is 16.3. The monoisotopic (exact) mass is 193 g/mol. The van der Waals surface area contributed by atoms with Crippen molar-refractivity contribution in [2.45, 2.75) is 19.4 Å². The van der Waals surface area contributed by atoms with Crippen LogP contribution in [0.15, 0.2) is 24.3 Å². The Bertz CT molecular complexity index is 345. The van der Waals surface area contributed by atoms with Crippen LogP contribution in [-0.4, -0.2) is 23.5 Å². The third-order valence-electron chi connectivity index (χ3n) is 2.34. The van der Waals surface area contributed by atoms with E-state index in [4.69, 9.17) is 0 Å². The van der Waals surface area contributed by atoms with Gasteiger partial charge in [0.2, 0.25) is 0 Å². The van der Waals surface area contributed by atoms with Crippen LogP contribution in [0.4, 0.5) is 0 Å². The minimum atomic E-state index is -0.654. The van der Waals surface area contributed by atoms with E-state index in [2.05, 4.69) is 5.32 Å². The molecule has 0 saturated heterocycles. The SMILES string of the molecule is CNC(C)(C)C(=O)c1ccccc1O. The number of phenols is 1. The predicted octanol–water partition coefficient (Wildman–Crippen LogP) is 1.57. The third-order valence-corrected chi connectivity index (χ3v) is 2.34. The Hall–Kier alpha value is -1.35. The van der Waals surface area contributed by atoms with Gasteiger partial charge in [-0.05, 0) is 33.0 Å². The smallest absolute Gasteiger partial charge is 0.185 e. The molecule has 0 bridgehead atoms. The summed E-state index contributed by atoms with van der Waals surface area (Å²) in [6.45, 7) is 3.56. The van der Waals surface area contributed by atoms with Crippen LogP contribution >= 0.6 is 0 Å². The lowest BCUT2D eigenvalue weighted by atomic mass is 9.93. The highest BCUT2D eigenvalue weighted by Gasteiger charge is 2.27. The van der Waals surface area contributed by atoms with Gasteiger partial charge in [0.25, 0.3) is 0 Å². The average Bonchev–Trinajstić information content (AvgIpc) is 2.17. The van der Waals surface area contributed by atoms with Gasteiger partial charge in [-0.15, -0.1) is 0 Å². The second kappa shape index (κ2) is 3.80. The lowest BCUT2D eigenvalue weighted by Crippen LogP contribution is -2.44. The highest BCUT2D eigenvalue weighted by molar-refractivity contribution is 6.04. The van der Waals surface area contributed by atoms with Gasteiger partial charge >= 0.3 is 0 Å². The van der Waals surface area contributed by atoms with Gasteiger partial charge < -0.3 is 10.4 Å². The number of Topliss-reactive ketones (excluding diaryl/α,β-unsaturated/α-hetero) is 1. The number of nitrogens with one attached hydrogen (secondary N) is 1. The molecule has 0 aromatic heterocycles. The van der Waals surface area contributed by atoms with Crippen LogP contribution in [-0.2, 0) is 0 Å². The quantitative estimate of drug-likeness (QED) is 0.716. The number of likely N-dealkylation sites (N-methyl/N-ethyl adjacent to an activating group) is 1. The van der Waals surface area contributed by atoms with E-state index in [9.17, 15) is 9.90 Å². The van der Waals surface area contributed by atoms with Crippen molar-refractivity contribution in [3.63, 3.8) is 0 Å². The van der Waals surface area contributed by atoms with E-state index in [1.54, 1.807) is 39.1 Å². The number of ketones is 1. The summed E-state index contributed by atoms with van der Waals surface area (Å²) in [5.74, 6) is -0.0843. The number of carbonyl (C=O) groups is 1. The van der Waals surface area contributed by atoms with Crippen LogP contribution in [0.2, 0.25) is 0 Å². The number of para-hydroxylation sites is 1. The number of hydrogen-bond donors (Lipinski definition) is 2. The van der Waals surface area contributed by atoms with Gasteiger partial charge in [-0.25, -0.2) is 0 Å². The number of rotatable bonds is 3. The van der Waals surface area contributed by atoms with Gasteiger partial charge in [0, 0.05) is 0 Å². The van der Waals surface area contributed by atoms with Crippen LogP contribution in [0.1, 0.15) is 24.2 Å². The van der Waals surface area contributed by atoms with Crippen molar-refractivity contribution in [3.8, 4) is 5.75 Å². The van der Waals surface area contributed by atoms with Crippen LogP contribution in [0.5, 0.6) is 5.75 Å². The fourth-order valence-electron chi connectivity index (χ4n) is 1.12. The normalized spacial score (nSPS) is 11.4. The van der Waals surface area contributed by atoms with Crippen LogP contribution < -0.4 is 5.32 Å². The Morgan fingerprint density at radius 3 is 2.43 bits per heavy atom. The van der Waals surface area contributed by atoms with Crippen molar-refractivity contribution in [1.29, 1.82) is 0 Å². The Morgan fingerprint density at radius 1 is 1.36 bits per heavy atom. The maximum Gasteiger partial charge on any atom is 0.185 e. The van der Waals surface area contributed by atoms with Crippen molar-refractivity contribution >= 4 is 5.78 Å². The summed E-state index contributed by atoms with van der Waals surface area (Å²) < 4.78 is 0. The maximum absolute atomic E-state index is 11.9. The molecule has 2 N–H and O–H groups in total. The molecule has 0 saturated carbocycles. The zero-order valence-electron chi connectivity index (χ0n) is 8.66. The standard InChI is InChI=1S/C11H15NO2/c1-11(2,12-3)10(14)8-6-4-5-7-9(8)13/h4-7,12-13H,1-3H3. The van der Waals surface area contributed by atoms with Gasteiger partial charge in [0.05, 0.1) is 11.1 Å². The molecule has 3 heteroatoms. The Kier molecular flexibility index (Phi) is 2.91. The molecule has 0 aliphatic rings. The third kappa shape index (κ3) is 1.93. The summed E-state index contributed by atoms with van der Waals surface area (Å²) in [6, 6.07) is 6.56. The first-order valence-corrected chi connectivity index (χ1v) is 4.51. The molecule has 1 rings (SSSR count). The van der Waals surface area contributed by atoms with Crippen molar-refractivity contribution in [2.75, 3.05) is 7.05 Å².